The number of nitro groups is 1. The molecular formula is C14H16N4O3. The molecule has 7 heteroatoms. The molecule has 1 amide bonds. The lowest BCUT2D eigenvalue weighted by Gasteiger charge is -2.07. The third kappa shape index (κ3) is 4.13. The average molecular weight is 288 g/mol. The third-order valence-corrected chi connectivity index (χ3v) is 3.11. The van der Waals surface area contributed by atoms with E-state index in [9.17, 15) is 14.9 Å². The molecule has 21 heavy (non-hydrogen) atoms. The van der Waals surface area contributed by atoms with Crippen molar-refractivity contribution in [3.05, 3.63) is 58.0 Å². The number of nitrogens with zero attached hydrogens (tertiary/aromatic N) is 3. The highest BCUT2D eigenvalue weighted by molar-refractivity contribution is 5.75. The maximum absolute atomic E-state index is 11.7. The number of nitrogens with one attached hydrogen (secondary N) is 1. The topological polar surface area (TPSA) is 90.1 Å². The normalized spacial score (nSPS) is 10.3. The summed E-state index contributed by atoms with van der Waals surface area (Å²) in [6.07, 6.45) is 3.27. The van der Waals surface area contributed by atoms with E-state index in [0.717, 1.165) is 6.42 Å². The van der Waals surface area contributed by atoms with Crippen LogP contribution < -0.4 is 5.32 Å². The lowest BCUT2D eigenvalue weighted by molar-refractivity contribution is -0.389. The van der Waals surface area contributed by atoms with E-state index in [1.807, 2.05) is 31.2 Å². The maximum atomic E-state index is 11.7. The standard InChI is InChI=1S/C14H16N4O3/c1-11-4-2-3-5-12(11)6-7-15-14(19)9-17-8-13(16-10-17)18(20)21/h2-5,8,10H,6-7,9H2,1H3,(H,15,19). The van der Waals surface area contributed by atoms with Crippen molar-refractivity contribution in [2.75, 3.05) is 6.54 Å². The van der Waals surface area contributed by atoms with E-state index in [2.05, 4.69) is 10.3 Å². The van der Waals surface area contributed by atoms with Gasteiger partial charge in [-0.25, -0.2) is 0 Å². The Bertz CT molecular complexity index is 651. The minimum absolute atomic E-state index is 0.0224. The van der Waals surface area contributed by atoms with Crippen molar-refractivity contribution in [1.82, 2.24) is 14.9 Å². The zero-order chi connectivity index (χ0) is 15.2. The van der Waals surface area contributed by atoms with Crippen LogP contribution >= 0.6 is 0 Å². The van der Waals surface area contributed by atoms with Crippen molar-refractivity contribution < 1.29 is 9.72 Å². The maximum Gasteiger partial charge on any atom is 0.381 e. The highest BCUT2D eigenvalue weighted by Gasteiger charge is 2.11. The Morgan fingerprint density at radius 3 is 2.86 bits per heavy atom. The predicted molar refractivity (Wildman–Crippen MR) is 76.8 cm³/mol. The fourth-order valence-corrected chi connectivity index (χ4v) is 1.98. The van der Waals surface area contributed by atoms with Crippen LogP contribution in [0.2, 0.25) is 0 Å². The monoisotopic (exact) mass is 288 g/mol. The molecule has 0 aliphatic rings. The van der Waals surface area contributed by atoms with Gasteiger partial charge in [-0.2, -0.15) is 0 Å². The molecule has 1 aromatic heterocycles. The van der Waals surface area contributed by atoms with Crippen molar-refractivity contribution in [3.63, 3.8) is 0 Å². The van der Waals surface area contributed by atoms with Crippen molar-refractivity contribution >= 4 is 11.7 Å². The summed E-state index contributed by atoms with van der Waals surface area (Å²) in [5.74, 6) is -0.460. The molecule has 0 saturated heterocycles. The summed E-state index contributed by atoms with van der Waals surface area (Å²) in [4.78, 5) is 25.2. The number of amides is 1. The number of imidazole rings is 1. The van der Waals surface area contributed by atoms with Gasteiger partial charge in [-0.05, 0) is 34.4 Å². The van der Waals surface area contributed by atoms with E-state index in [0.29, 0.717) is 6.54 Å². The van der Waals surface area contributed by atoms with Gasteiger partial charge >= 0.3 is 5.82 Å². The van der Waals surface area contributed by atoms with E-state index in [1.165, 1.54) is 28.2 Å². The van der Waals surface area contributed by atoms with Crippen molar-refractivity contribution in [2.24, 2.45) is 0 Å². The van der Waals surface area contributed by atoms with Crippen molar-refractivity contribution in [3.8, 4) is 0 Å². The number of carbonyl (C=O) groups is 1. The number of carbonyl (C=O) groups excluding carboxylic acids is 1. The van der Waals surface area contributed by atoms with Crippen LogP contribution in [0.15, 0.2) is 36.8 Å². The number of benzene rings is 1. The first kappa shape index (κ1) is 14.7. The summed E-state index contributed by atoms with van der Waals surface area (Å²) in [6.45, 7) is 2.58. The lowest BCUT2D eigenvalue weighted by Crippen LogP contribution is -2.29. The first-order valence-electron chi connectivity index (χ1n) is 6.53. The van der Waals surface area contributed by atoms with Gasteiger partial charge in [0.2, 0.25) is 12.2 Å². The van der Waals surface area contributed by atoms with Gasteiger partial charge < -0.3 is 20.0 Å². The van der Waals surface area contributed by atoms with Gasteiger partial charge in [-0.1, -0.05) is 24.3 Å². The van der Waals surface area contributed by atoms with Crippen LogP contribution in [0.4, 0.5) is 5.82 Å². The van der Waals surface area contributed by atoms with Crippen molar-refractivity contribution in [1.29, 1.82) is 0 Å². The number of aryl methyl sites for hydroxylation is 1. The molecule has 0 fully saturated rings. The van der Waals surface area contributed by atoms with Crippen molar-refractivity contribution in [2.45, 2.75) is 19.9 Å². The SMILES string of the molecule is Cc1ccccc1CCNC(=O)Cn1cnc([N+](=O)[O-])c1. The molecule has 0 aliphatic carbocycles. The smallest absolute Gasteiger partial charge is 0.358 e. The van der Waals surface area contributed by atoms with Gasteiger partial charge in [0, 0.05) is 6.54 Å². The molecular weight excluding hydrogens is 272 g/mol. The van der Waals surface area contributed by atoms with E-state index in [-0.39, 0.29) is 18.3 Å². The predicted octanol–water partition coefficient (Wildman–Crippen LogP) is 1.46. The molecule has 0 saturated carbocycles. The van der Waals surface area contributed by atoms with E-state index < -0.39 is 4.92 Å². The number of aromatic nitrogens is 2. The van der Waals surface area contributed by atoms with Gasteiger partial charge in [0.05, 0.1) is 0 Å². The minimum Gasteiger partial charge on any atom is -0.358 e. The zero-order valence-corrected chi connectivity index (χ0v) is 11.7. The van der Waals surface area contributed by atoms with Crippen LogP contribution in [0, 0.1) is 17.0 Å². The Balaban J connectivity index is 1.79. The number of hydrogen-bond donors (Lipinski definition) is 1. The van der Waals surface area contributed by atoms with Gasteiger partial charge in [0.15, 0.2) is 0 Å². The van der Waals surface area contributed by atoms with E-state index in [1.54, 1.807) is 0 Å². The van der Waals surface area contributed by atoms with Gasteiger partial charge in [-0.3, -0.25) is 4.79 Å². The Morgan fingerprint density at radius 1 is 1.43 bits per heavy atom. The Labute approximate surface area is 121 Å². The summed E-state index contributed by atoms with van der Waals surface area (Å²) < 4.78 is 1.39. The highest BCUT2D eigenvalue weighted by Crippen LogP contribution is 2.07. The van der Waals surface area contributed by atoms with Gasteiger partial charge in [-0.15, -0.1) is 0 Å². The summed E-state index contributed by atoms with van der Waals surface area (Å²) in [5.41, 5.74) is 2.38. The summed E-state index contributed by atoms with van der Waals surface area (Å²) in [7, 11) is 0. The average Bonchev–Trinajstić information content (AvgIpc) is 2.89. The molecule has 2 rings (SSSR count). The van der Waals surface area contributed by atoms with Crippen LogP contribution in [0.3, 0.4) is 0 Å². The summed E-state index contributed by atoms with van der Waals surface area (Å²) >= 11 is 0. The third-order valence-electron chi connectivity index (χ3n) is 3.11. The molecule has 0 unspecified atom stereocenters. The van der Waals surface area contributed by atoms with Crippen LogP contribution in [-0.4, -0.2) is 26.9 Å². The second-order valence-electron chi connectivity index (χ2n) is 4.69. The molecule has 0 atom stereocenters. The zero-order valence-electron chi connectivity index (χ0n) is 11.7. The first-order valence-corrected chi connectivity index (χ1v) is 6.53. The van der Waals surface area contributed by atoms with Crippen LogP contribution in [0.5, 0.6) is 0 Å². The summed E-state index contributed by atoms with van der Waals surface area (Å²) in [6, 6.07) is 8.00. The molecule has 1 aromatic carbocycles. The van der Waals surface area contributed by atoms with Crippen LogP contribution in [0.25, 0.3) is 0 Å². The fourth-order valence-electron chi connectivity index (χ4n) is 1.98. The van der Waals surface area contributed by atoms with Crippen LogP contribution in [0.1, 0.15) is 11.1 Å². The van der Waals surface area contributed by atoms with E-state index in [4.69, 9.17) is 0 Å². The highest BCUT2D eigenvalue weighted by atomic mass is 16.6. The molecule has 2 aromatic rings. The Morgan fingerprint density at radius 2 is 2.19 bits per heavy atom. The molecule has 110 valence electrons. The number of hydrogen-bond acceptors (Lipinski definition) is 4. The second-order valence-corrected chi connectivity index (χ2v) is 4.69. The quantitative estimate of drug-likeness (QED) is 0.643. The summed E-state index contributed by atoms with van der Waals surface area (Å²) in [5, 5.41) is 13.3. The molecule has 0 aliphatic heterocycles. The molecule has 1 heterocycles. The molecule has 7 nitrogen and oxygen atoms in total. The molecule has 0 bridgehead atoms. The van der Waals surface area contributed by atoms with Gasteiger partial charge in [0.1, 0.15) is 12.7 Å². The van der Waals surface area contributed by atoms with E-state index >= 15 is 0 Å². The molecule has 0 radical (unpaired) electrons. The van der Waals surface area contributed by atoms with Crippen LogP contribution in [-0.2, 0) is 17.8 Å². The molecule has 1 N–H and O–H groups in total. The Hall–Kier alpha value is -2.70. The molecule has 0 spiro atoms. The lowest BCUT2D eigenvalue weighted by atomic mass is 10.1. The largest absolute Gasteiger partial charge is 0.381 e. The Kier molecular flexibility index (Phi) is 4.65. The first-order chi connectivity index (χ1) is 10.1. The minimum atomic E-state index is -0.591. The van der Waals surface area contributed by atoms with Gasteiger partial charge in [0.25, 0.3) is 0 Å². The second kappa shape index (κ2) is 6.65. The number of rotatable bonds is 6. The fraction of sp³-hybridized carbons (Fsp3) is 0.286.